The van der Waals surface area contributed by atoms with Crippen LogP contribution in [0.5, 0.6) is 0 Å². The third kappa shape index (κ3) is 2.15. The van der Waals surface area contributed by atoms with Gasteiger partial charge in [0, 0.05) is 6.07 Å². The average molecular weight is 265 g/mol. The average Bonchev–Trinajstić information content (AvgIpc) is 2.62. The number of quaternary nitrogens is 1. The van der Waals surface area contributed by atoms with Gasteiger partial charge in [-0.25, -0.2) is 4.79 Å². The minimum atomic E-state index is -1.15. The van der Waals surface area contributed by atoms with Crippen LogP contribution in [0.4, 0.5) is 14.9 Å². The summed E-state index contributed by atoms with van der Waals surface area (Å²) in [6, 6.07) is 6.15. The van der Waals surface area contributed by atoms with Crippen LogP contribution >= 0.6 is 0 Å². The molecule has 2 rings (SSSR count). The summed E-state index contributed by atoms with van der Waals surface area (Å²) in [6.45, 7) is 4.98. The molecule has 1 heterocycles. The Morgan fingerprint density at radius 2 is 2.00 bits per heavy atom. The number of hydrogen-bond acceptors (Lipinski definition) is 4. The fraction of sp³-hybridized carbons (Fsp3) is 0.308. The highest BCUT2D eigenvalue weighted by atomic mass is 19.1. The molecule has 2 amide bonds. The van der Waals surface area contributed by atoms with E-state index in [0.29, 0.717) is 0 Å². The van der Waals surface area contributed by atoms with Crippen LogP contribution in [0.1, 0.15) is 26.3 Å². The van der Waals surface area contributed by atoms with E-state index in [9.17, 15) is 14.0 Å². The standard InChI is InChI=1S/C13H14FN2O3/c1-13(2,3)19-12(18)16(8-17)10-7-5-4-6-9(10)11(14)15-16/h4-8H,1-3H3/q+1/t16-/m1/s1. The molecule has 1 aliphatic heterocycles. The van der Waals surface area contributed by atoms with Gasteiger partial charge in [0.25, 0.3) is 5.97 Å². The zero-order valence-electron chi connectivity index (χ0n) is 10.9. The van der Waals surface area contributed by atoms with E-state index < -0.39 is 22.3 Å². The Kier molecular flexibility index (Phi) is 2.98. The molecule has 0 bridgehead atoms. The maximum absolute atomic E-state index is 13.8. The van der Waals surface area contributed by atoms with Crippen LogP contribution in [-0.4, -0.2) is 24.1 Å². The van der Waals surface area contributed by atoms with Crippen LogP contribution < -0.4 is 4.59 Å². The second kappa shape index (κ2) is 4.24. The van der Waals surface area contributed by atoms with Gasteiger partial charge in [0.05, 0.1) is 5.56 Å². The van der Waals surface area contributed by atoms with Crippen molar-refractivity contribution in [3.8, 4) is 0 Å². The first-order valence-corrected chi connectivity index (χ1v) is 5.74. The van der Waals surface area contributed by atoms with Gasteiger partial charge >= 0.3 is 12.5 Å². The number of para-hydroxylation sites is 1. The monoisotopic (exact) mass is 265 g/mol. The molecule has 1 aromatic rings. The van der Waals surface area contributed by atoms with E-state index in [-0.39, 0.29) is 17.7 Å². The van der Waals surface area contributed by atoms with Gasteiger partial charge in [-0.2, -0.15) is 9.18 Å². The van der Waals surface area contributed by atoms with Crippen molar-refractivity contribution in [2.45, 2.75) is 26.4 Å². The van der Waals surface area contributed by atoms with Gasteiger partial charge in [0.1, 0.15) is 5.60 Å². The Hall–Kier alpha value is -2.08. The lowest BCUT2D eigenvalue weighted by molar-refractivity contribution is -0.116. The summed E-state index contributed by atoms with van der Waals surface area (Å²) in [5.74, 6) is -0.853. The molecular formula is C13H14FN2O3+. The van der Waals surface area contributed by atoms with Gasteiger partial charge in [0.15, 0.2) is 5.69 Å². The quantitative estimate of drug-likeness (QED) is 0.579. The lowest BCUT2D eigenvalue weighted by Crippen LogP contribution is -2.49. The summed E-state index contributed by atoms with van der Waals surface area (Å²) in [7, 11) is 0. The van der Waals surface area contributed by atoms with Crippen LogP contribution in [0.25, 0.3) is 0 Å². The lowest BCUT2D eigenvalue weighted by Gasteiger charge is -2.23. The van der Waals surface area contributed by atoms with E-state index in [1.807, 2.05) is 0 Å². The van der Waals surface area contributed by atoms with E-state index in [2.05, 4.69) is 5.10 Å². The number of nitrogens with zero attached hydrogens (tertiary/aromatic N) is 2. The number of carbonyl (C=O) groups excluding carboxylic acids is 2. The van der Waals surface area contributed by atoms with Crippen molar-refractivity contribution in [3.63, 3.8) is 0 Å². The Bertz CT molecular complexity index is 577. The summed E-state index contributed by atoms with van der Waals surface area (Å²) in [5, 5.41) is 3.54. The molecule has 100 valence electrons. The van der Waals surface area contributed by atoms with E-state index in [0.717, 1.165) is 0 Å². The number of benzene rings is 1. The molecule has 1 aliphatic rings. The first-order valence-electron chi connectivity index (χ1n) is 5.74. The summed E-state index contributed by atoms with van der Waals surface area (Å²) in [4.78, 5) is 23.5. The Balaban J connectivity index is 2.52. The highest BCUT2D eigenvalue weighted by Gasteiger charge is 2.52. The minimum Gasteiger partial charge on any atom is -0.412 e. The second-order valence-corrected chi connectivity index (χ2v) is 5.18. The zero-order valence-corrected chi connectivity index (χ0v) is 10.9. The van der Waals surface area contributed by atoms with Gasteiger partial charge in [-0.3, -0.25) is 0 Å². The highest BCUT2D eigenvalue weighted by Crippen LogP contribution is 2.35. The molecule has 0 aliphatic carbocycles. The maximum Gasteiger partial charge on any atom is 0.557 e. The first-order chi connectivity index (χ1) is 8.80. The fourth-order valence-corrected chi connectivity index (χ4v) is 1.79. The summed E-state index contributed by atoms with van der Waals surface area (Å²) in [5.41, 5.74) is -0.515. The SMILES string of the molecule is CC(C)(C)OC(=O)[N@+]1(C=O)N=C(F)c2ccccc21. The third-order valence-electron chi connectivity index (χ3n) is 2.56. The largest absolute Gasteiger partial charge is 0.557 e. The van der Waals surface area contributed by atoms with Gasteiger partial charge in [-0.1, -0.05) is 12.1 Å². The van der Waals surface area contributed by atoms with E-state index in [1.54, 1.807) is 32.9 Å². The molecule has 0 saturated carbocycles. The number of fused-ring (bicyclic) bond motifs is 1. The van der Waals surface area contributed by atoms with Crippen LogP contribution in [0.2, 0.25) is 0 Å². The number of rotatable bonds is 1. The number of amides is 2. The third-order valence-corrected chi connectivity index (χ3v) is 2.56. The van der Waals surface area contributed by atoms with Gasteiger partial charge in [-0.05, 0) is 36.5 Å². The van der Waals surface area contributed by atoms with Gasteiger partial charge < -0.3 is 4.74 Å². The zero-order chi connectivity index (χ0) is 14.3. The first kappa shape index (κ1) is 13.4. The van der Waals surface area contributed by atoms with Gasteiger partial charge in [0.2, 0.25) is 0 Å². The topological polar surface area (TPSA) is 55.7 Å². The van der Waals surface area contributed by atoms with Crippen molar-refractivity contribution in [1.82, 2.24) is 4.59 Å². The molecule has 0 spiro atoms. The number of ether oxygens (including phenoxy) is 1. The molecule has 0 fully saturated rings. The Morgan fingerprint density at radius 3 is 2.58 bits per heavy atom. The number of hydrogen-bond donors (Lipinski definition) is 0. The lowest BCUT2D eigenvalue weighted by atomic mass is 10.2. The number of halogens is 1. The Labute approximate surface area is 109 Å². The second-order valence-electron chi connectivity index (χ2n) is 5.18. The fourth-order valence-electron chi connectivity index (χ4n) is 1.79. The van der Waals surface area contributed by atoms with Crippen molar-refractivity contribution < 1.29 is 18.7 Å². The van der Waals surface area contributed by atoms with E-state index in [1.165, 1.54) is 12.1 Å². The molecule has 19 heavy (non-hydrogen) atoms. The van der Waals surface area contributed by atoms with Crippen molar-refractivity contribution >= 4 is 24.2 Å². The molecule has 0 N–H and O–H groups in total. The molecule has 0 radical (unpaired) electrons. The minimum absolute atomic E-state index is 0.125. The summed E-state index contributed by atoms with van der Waals surface area (Å²) < 4.78 is 17.8. The van der Waals surface area contributed by atoms with E-state index in [4.69, 9.17) is 4.74 Å². The van der Waals surface area contributed by atoms with Crippen molar-refractivity contribution in [2.75, 3.05) is 0 Å². The molecule has 0 aromatic heterocycles. The van der Waals surface area contributed by atoms with Gasteiger partial charge in [-0.15, -0.1) is 0 Å². The highest BCUT2D eigenvalue weighted by molar-refractivity contribution is 6.11. The van der Waals surface area contributed by atoms with Crippen LogP contribution in [0.3, 0.4) is 0 Å². The molecule has 5 nitrogen and oxygen atoms in total. The smallest absolute Gasteiger partial charge is 0.412 e. The Morgan fingerprint density at radius 1 is 1.37 bits per heavy atom. The maximum atomic E-state index is 13.8. The van der Waals surface area contributed by atoms with Crippen molar-refractivity contribution in [2.24, 2.45) is 5.10 Å². The predicted molar refractivity (Wildman–Crippen MR) is 68.2 cm³/mol. The van der Waals surface area contributed by atoms with E-state index >= 15 is 0 Å². The van der Waals surface area contributed by atoms with Crippen LogP contribution in [0, 0.1) is 0 Å². The molecule has 0 saturated heterocycles. The van der Waals surface area contributed by atoms with Crippen LogP contribution in [0.15, 0.2) is 29.4 Å². The molecule has 1 aromatic carbocycles. The van der Waals surface area contributed by atoms with Crippen molar-refractivity contribution in [3.05, 3.63) is 29.8 Å². The molecule has 0 unspecified atom stereocenters. The summed E-state index contributed by atoms with van der Waals surface area (Å²) >= 11 is 0. The normalized spacial score (nSPS) is 21.6. The predicted octanol–water partition coefficient (Wildman–Crippen LogP) is 2.73. The van der Waals surface area contributed by atoms with Crippen LogP contribution in [-0.2, 0) is 9.53 Å². The molecule has 1 atom stereocenters. The summed E-state index contributed by atoms with van der Waals surface area (Å²) in [6.07, 6.45) is -0.665. The van der Waals surface area contributed by atoms with Crippen molar-refractivity contribution in [1.29, 1.82) is 0 Å². The molecular weight excluding hydrogens is 251 g/mol. The number of carbonyl (C=O) groups is 2. The molecule has 6 heteroatoms. The number of imide groups is 1.